The van der Waals surface area contributed by atoms with E-state index in [4.69, 9.17) is 23.7 Å². The molecule has 210 valence electrons. The van der Waals surface area contributed by atoms with Gasteiger partial charge in [0.1, 0.15) is 17.6 Å². The Balaban J connectivity index is 1.33. The molecule has 0 radical (unpaired) electrons. The summed E-state index contributed by atoms with van der Waals surface area (Å²) in [5.41, 5.74) is 2.27. The van der Waals surface area contributed by atoms with E-state index in [0.29, 0.717) is 25.0 Å². The summed E-state index contributed by atoms with van der Waals surface area (Å²) in [5.74, 6) is -3.60. The van der Waals surface area contributed by atoms with Gasteiger partial charge in [-0.05, 0) is 72.5 Å². The van der Waals surface area contributed by atoms with Crippen LogP contribution in [-0.2, 0) is 31.9 Å². The summed E-state index contributed by atoms with van der Waals surface area (Å²) in [6, 6.07) is 14.2. The predicted octanol–water partition coefficient (Wildman–Crippen LogP) is 4.92. The zero-order valence-electron chi connectivity index (χ0n) is 21.8. The number of aryl methyl sites for hydroxylation is 1. The fraction of sp³-hybridized carbons (Fsp3) is 0.161. The Kier molecular flexibility index (Phi) is 9.26. The van der Waals surface area contributed by atoms with E-state index in [0.717, 1.165) is 29.3 Å². The molecule has 3 aromatic carbocycles. The average molecular weight is 561 g/mol. The molecular formula is C31H25FO9. The number of ether oxygens (including phenoxy) is 5. The summed E-state index contributed by atoms with van der Waals surface area (Å²) in [7, 11) is 0. The third-order valence-corrected chi connectivity index (χ3v) is 6.07. The smallest absolute Gasteiger partial charge is 0.343 e. The highest BCUT2D eigenvalue weighted by Crippen LogP contribution is 2.27. The van der Waals surface area contributed by atoms with Crippen LogP contribution in [0.25, 0.3) is 0 Å². The minimum atomic E-state index is -0.897. The highest BCUT2D eigenvalue weighted by atomic mass is 19.1. The first-order valence-corrected chi connectivity index (χ1v) is 12.5. The highest BCUT2D eigenvalue weighted by Gasteiger charge is 2.23. The van der Waals surface area contributed by atoms with E-state index in [9.17, 15) is 23.6 Å². The number of rotatable bonds is 10. The third-order valence-electron chi connectivity index (χ3n) is 6.07. The highest BCUT2D eigenvalue weighted by molar-refractivity contribution is 5.92. The van der Waals surface area contributed by atoms with E-state index >= 15 is 0 Å². The topological polar surface area (TPSA) is 114 Å². The zero-order valence-corrected chi connectivity index (χ0v) is 21.8. The molecule has 0 amide bonds. The Hall–Kier alpha value is -5.25. The van der Waals surface area contributed by atoms with Gasteiger partial charge in [-0.15, -0.1) is 0 Å². The van der Waals surface area contributed by atoms with Crippen LogP contribution in [0.3, 0.4) is 0 Å². The second-order valence-corrected chi connectivity index (χ2v) is 8.81. The van der Waals surface area contributed by atoms with Crippen LogP contribution in [0.5, 0.6) is 17.2 Å². The lowest BCUT2D eigenvalue weighted by Crippen LogP contribution is -2.25. The van der Waals surface area contributed by atoms with Crippen molar-refractivity contribution in [2.24, 2.45) is 0 Å². The van der Waals surface area contributed by atoms with Crippen molar-refractivity contribution in [3.8, 4) is 17.2 Å². The van der Waals surface area contributed by atoms with Crippen molar-refractivity contribution in [1.82, 2.24) is 0 Å². The first kappa shape index (κ1) is 28.8. The molecule has 41 heavy (non-hydrogen) atoms. The lowest BCUT2D eigenvalue weighted by atomic mass is 9.88. The van der Waals surface area contributed by atoms with Crippen molar-refractivity contribution in [1.29, 1.82) is 0 Å². The molecule has 9 nitrogen and oxygen atoms in total. The minimum Gasteiger partial charge on any atom is -0.459 e. The summed E-state index contributed by atoms with van der Waals surface area (Å²) < 4.78 is 40.4. The number of halogens is 1. The van der Waals surface area contributed by atoms with Gasteiger partial charge in [-0.25, -0.2) is 23.6 Å². The van der Waals surface area contributed by atoms with Crippen LogP contribution in [0.4, 0.5) is 4.39 Å². The number of carbonyl (C=O) groups is 4. The molecule has 0 heterocycles. The van der Waals surface area contributed by atoms with E-state index in [1.807, 2.05) is 0 Å². The third kappa shape index (κ3) is 7.66. The molecule has 1 atom stereocenters. The molecule has 0 aromatic heterocycles. The molecule has 0 saturated carbocycles. The quantitative estimate of drug-likeness (QED) is 0.148. The minimum absolute atomic E-state index is 0.0931. The molecule has 1 aliphatic rings. The predicted molar refractivity (Wildman–Crippen MR) is 143 cm³/mol. The van der Waals surface area contributed by atoms with Crippen molar-refractivity contribution in [2.75, 3.05) is 6.79 Å². The molecule has 0 spiro atoms. The summed E-state index contributed by atoms with van der Waals surface area (Å²) >= 11 is 0. The molecule has 0 N–H and O–H groups in total. The van der Waals surface area contributed by atoms with Gasteiger partial charge in [0, 0.05) is 24.6 Å². The lowest BCUT2D eigenvalue weighted by molar-refractivity contribution is -0.144. The number of benzene rings is 3. The van der Waals surface area contributed by atoms with E-state index in [1.54, 1.807) is 18.2 Å². The SMILES string of the molecule is C=CC(=O)OCOc1ccc(C(=O)Oc2ccc(OC(=O)c3ccc4c(c3)CCC(OC(=O)C=C)C4)c(F)c2)cc1. The van der Waals surface area contributed by atoms with Crippen molar-refractivity contribution in [2.45, 2.75) is 25.4 Å². The zero-order chi connectivity index (χ0) is 29.4. The van der Waals surface area contributed by atoms with Crippen LogP contribution in [0.2, 0.25) is 0 Å². The molecule has 0 saturated heterocycles. The van der Waals surface area contributed by atoms with Gasteiger partial charge in [-0.3, -0.25) is 0 Å². The number of hydrogen-bond donors (Lipinski definition) is 0. The summed E-state index contributed by atoms with van der Waals surface area (Å²) in [5, 5.41) is 0. The van der Waals surface area contributed by atoms with Crippen molar-refractivity contribution in [3.05, 3.63) is 114 Å². The normalized spacial score (nSPS) is 13.6. The molecule has 3 aromatic rings. The first-order chi connectivity index (χ1) is 19.7. The lowest BCUT2D eigenvalue weighted by Gasteiger charge is -2.24. The van der Waals surface area contributed by atoms with Gasteiger partial charge in [-0.2, -0.15) is 0 Å². The molecule has 0 aliphatic heterocycles. The van der Waals surface area contributed by atoms with E-state index in [2.05, 4.69) is 13.2 Å². The maximum absolute atomic E-state index is 14.7. The first-order valence-electron chi connectivity index (χ1n) is 12.5. The van der Waals surface area contributed by atoms with Crippen LogP contribution in [0.15, 0.2) is 86.0 Å². The van der Waals surface area contributed by atoms with E-state index in [-0.39, 0.29) is 35.5 Å². The van der Waals surface area contributed by atoms with Crippen molar-refractivity contribution in [3.63, 3.8) is 0 Å². The number of fused-ring (bicyclic) bond motifs is 1. The average Bonchev–Trinajstić information content (AvgIpc) is 2.98. The summed E-state index contributed by atoms with van der Waals surface area (Å²) in [6.07, 6.45) is 3.58. The number of hydrogen-bond acceptors (Lipinski definition) is 9. The summed E-state index contributed by atoms with van der Waals surface area (Å²) in [4.78, 5) is 47.6. The Bertz CT molecular complexity index is 1490. The molecule has 4 rings (SSSR count). The van der Waals surface area contributed by atoms with Crippen LogP contribution >= 0.6 is 0 Å². The Labute approximate surface area is 234 Å². The number of esters is 4. The van der Waals surface area contributed by atoms with Crippen LogP contribution in [-0.4, -0.2) is 36.8 Å². The monoisotopic (exact) mass is 560 g/mol. The standard InChI is InChI=1S/C31H25FO9/c1-3-28(33)38-18-37-23-10-7-19(8-11-23)30(35)40-25-13-14-27(26(32)17-25)41-31(36)22-6-5-21-16-24(39-29(34)4-2)12-9-20(21)15-22/h3-8,10-11,13-15,17,24H,1-2,9,12,16,18H2. The van der Waals surface area contributed by atoms with Gasteiger partial charge >= 0.3 is 23.9 Å². The molecule has 0 fully saturated rings. The van der Waals surface area contributed by atoms with E-state index in [1.165, 1.54) is 36.4 Å². The fourth-order valence-corrected chi connectivity index (χ4v) is 4.02. The van der Waals surface area contributed by atoms with Crippen molar-refractivity contribution >= 4 is 23.9 Å². The van der Waals surface area contributed by atoms with Crippen LogP contribution < -0.4 is 14.2 Å². The Morgan fingerprint density at radius 2 is 1.49 bits per heavy atom. The Morgan fingerprint density at radius 3 is 2.20 bits per heavy atom. The van der Waals surface area contributed by atoms with Crippen molar-refractivity contribution < 1.29 is 47.3 Å². The molecule has 0 bridgehead atoms. The molecular weight excluding hydrogens is 535 g/mol. The second-order valence-electron chi connectivity index (χ2n) is 8.81. The second kappa shape index (κ2) is 13.2. The molecule has 10 heteroatoms. The van der Waals surface area contributed by atoms with Crippen LogP contribution in [0, 0.1) is 5.82 Å². The van der Waals surface area contributed by atoms with Crippen LogP contribution in [0.1, 0.15) is 38.3 Å². The van der Waals surface area contributed by atoms with Gasteiger partial charge in [0.05, 0.1) is 11.1 Å². The largest absolute Gasteiger partial charge is 0.459 e. The number of carbonyl (C=O) groups excluding carboxylic acids is 4. The van der Waals surface area contributed by atoms with Gasteiger partial charge in [0.2, 0.25) is 6.79 Å². The van der Waals surface area contributed by atoms with Gasteiger partial charge < -0.3 is 23.7 Å². The van der Waals surface area contributed by atoms with Gasteiger partial charge in [0.15, 0.2) is 11.6 Å². The Morgan fingerprint density at radius 1 is 0.805 bits per heavy atom. The fourth-order valence-electron chi connectivity index (χ4n) is 4.02. The molecule has 1 aliphatic carbocycles. The molecule has 1 unspecified atom stereocenters. The maximum Gasteiger partial charge on any atom is 0.343 e. The van der Waals surface area contributed by atoms with Gasteiger partial charge in [-0.1, -0.05) is 19.2 Å². The summed E-state index contributed by atoms with van der Waals surface area (Å²) in [6.45, 7) is 6.34. The maximum atomic E-state index is 14.7. The van der Waals surface area contributed by atoms with E-state index < -0.39 is 29.7 Å². The van der Waals surface area contributed by atoms with Gasteiger partial charge in [0.25, 0.3) is 0 Å².